The summed E-state index contributed by atoms with van der Waals surface area (Å²) in [5.74, 6) is 0.189. The fourth-order valence-corrected chi connectivity index (χ4v) is 3.99. The van der Waals surface area contributed by atoms with Gasteiger partial charge in [-0.3, -0.25) is 9.69 Å². The van der Waals surface area contributed by atoms with Crippen molar-refractivity contribution in [3.8, 4) is 0 Å². The zero-order valence-corrected chi connectivity index (χ0v) is 15.0. The monoisotopic (exact) mass is 330 g/mol. The third kappa shape index (κ3) is 4.17. The molecule has 2 aliphatic rings. The van der Waals surface area contributed by atoms with Gasteiger partial charge in [0.05, 0.1) is 19.3 Å². The fraction of sp³-hybridized carbons (Fsp3) is 0.650. The number of ether oxygens (including phenoxy) is 1. The Bertz CT molecular complexity index is 565. The molecular weight excluding hydrogens is 300 g/mol. The van der Waals surface area contributed by atoms with Crippen LogP contribution >= 0.6 is 0 Å². The summed E-state index contributed by atoms with van der Waals surface area (Å²) in [7, 11) is 0. The second kappa shape index (κ2) is 7.66. The van der Waals surface area contributed by atoms with Crippen molar-refractivity contribution in [3.05, 3.63) is 35.4 Å². The lowest BCUT2D eigenvalue weighted by molar-refractivity contribution is -0.122. The van der Waals surface area contributed by atoms with Crippen molar-refractivity contribution in [3.63, 3.8) is 0 Å². The predicted molar refractivity (Wildman–Crippen MR) is 96.1 cm³/mol. The first-order valence-electron chi connectivity index (χ1n) is 9.25. The number of fused-ring (bicyclic) bond motifs is 1. The topological polar surface area (TPSA) is 41.6 Å². The van der Waals surface area contributed by atoms with Gasteiger partial charge in [-0.05, 0) is 42.3 Å². The maximum Gasteiger partial charge on any atom is 0.220 e. The smallest absolute Gasteiger partial charge is 0.220 e. The van der Waals surface area contributed by atoms with Crippen LogP contribution in [0.15, 0.2) is 24.3 Å². The Labute approximate surface area is 145 Å². The van der Waals surface area contributed by atoms with E-state index in [0.717, 1.165) is 52.1 Å². The number of morpholine rings is 1. The van der Waals surface area contributed by atoms with E-state index in [9.17, 15) is 4.79 Å². The molecule has 132 valence electrons. The number of hydrogen-bond acceptors (Lipinski definition) is 3. The lowest BCUT2D eigenvalue weighted by atomic mass is 9.86. The molecule has 4 heteroatoms. The molecule has 1 atom stereocenters. The van der Waals surface area contributed by atoms with Crippen molar-refractivity contribution in [2.24, 2.45) is 0 Å². The van der Waals surface area contributed by atoms with Gasteiger partial charge in [0.2, 0.25) is 5.91 Å². The van der Waals surface area contributed by atoms with Crippen molar-refractivity contribution >= 4 is 5.91 Å². The SMILES string of the molecule is CC1(C)CC(NC(=O)CCCCN2CCOCC2)c2ccccc21. The maximum absolute atomic E-state index is 12.3. The average Bonchev–Trinajstić information content (AvgIpc) is 2.84. The summed E-state index contributed by atoms with van der Waals surface area (Å²) >= 11 is 0. The molecule has 24 heavy (non-hydrogen) atoms. The van der Waals surface area contributed by atoms with E-state index < -0.39 is 0 Å². The second-order valence-corrected chi connectivity index (χ2v) is 7.71. The van der Waals surface area contributed by atoms with Crippen LogP contribution in [0.1, 0.15) is 56.7 Å². The van der Waals surface area contributed by atoms with E-state index in [1.807, 2.05) is 0 Å². The van der Waals surface area contributed by atoms with E-state index in [0.29, 0.717) is 6.42 Å². The van der Waals surface area contributed by atoms with Crippen molar-refractivity contribution in [1.29, 1.82) is 0 Å². The van der Waals surface area contributed by atoms with Gasteiger partial charge in [-0.15, -0.1) is 0 Å². The average molecular weight is 330 g/mol. The van der Waals surface area contributed by atoms with E-state index in [2.05, 4.69) is 48.3 Å². The van der Waals surface area contributed by atoms with Crippen LogP contribution in [0, 0.1) is 0 Å². The van der Waals surface area contributed by atoms with E-state index in [4.69, 9.17) is 4.74 Å². The van der Waals surface area contributed by atoms with Crippen LogP contribution in [-0.4, -0.2) is 43.7 Å². The summed E-state index contributed by atoms with van der Waals surface area (Å²) in [4.78, 5) is 14.8. The van der Waals surface area contributed by atoms with Crippen molar-refractivity contribution in [2.75, 3.05) is 32.8 Å². The van der Waals surface area contributed by atoms with E-state index in [1.165, 1.54) is 11.1 Å². The number of unbranched alkanes of at least 4 members (excludes halogenated alkanes) is 1. The number of amides is 1. The van der Waals surface area contributed by atoms with Gasteiger partial charge < -0.3 is 10.1 Å². The van der Waals surface area contributed by atoms with Crippen molar-refractivity contribution < 1.29 is 9.53 Å². The Hall–Kier alpha value is -1.39. The summed E-state index contributed by atoms with van der Waals surface area (Å²) in [6.07, 6.45) is 3.66. The number of benzene rings is 1. The molecule has 3 rings (SSSR count). The highest BCUT2D eigenvalue weighted by molar-refractivity contribution is 5.76. The molecule has 1 unspecified atom stereocenters. The molecule has 1 heterocycles. The van der Waals surface area contributed by atoms with Crippen molar-refractivity contribution in [2.45, 2.75) is 51.0 Å². The molecule has 1 N–H and O–H groups in total. The molecule has 1 amide bonds. The lowest BCUT2D eigenvalue weighted by Crippen LogP contribution is -2.36. The van der Waals surface area contributed by atoms with Gasteiger partial charge in [-0.25, -0.2) is 0 Å². The summed E-state index contributed by atoms with van der Waals surface area (Å²) in [6, 6.07) is 8.69. The van der Waals surface area contributed by atoms with Crippen LogP contribution < -0.4 is 5.32 Å². The van der Waals surface area contributed by atoms with E-state index in [-0.39, 0.29) is 17.4 Å². The predicted octanol–water partition coefficient (Wildman–Crippen LogP) is 3.03. The first-order valence-corrected chi connectivity index (χ1v) is 9.25. The molecule has 0 bridgehead atoms. The Morgan fingerprint density at radius 1 is 1.25 bits per heavy atom. The normalized spacial score (nSPS) is 23.0. The Kier molecular flexibility index (Phi) is 5.57. The molecule has 1 aliphatic carbocycles. The third-order valence-electron chi connectivity index (χ3n) is 5.35. The Morgan fingerprint density at radius 3 is 2.79 bits per heavy atom. The van der Waals surface area contributed by atoms with Gasteiger partial charge >= 0.3 is 0 Å². The van der Waals surface area contributed by atoms with Crippen LogP contribution in [-0.2, 0) is 14.9 Å². The molecule has 1 fully saturated rings. The quantitative estimate of drug-likeness (QED) is 0.815. The number of hydrogen-bond donors (Lipinski definition) is 1. The fourth-order valence-electron chi connectivity index (χ4n) is 3.99. The van der Waals surface area contributed by atoms with Gasteiger partial charge in [0.15, 0.2) is 0 Å². The molecule has 0 saturated carbocycles. The highest BCUT2D eigenvalue weighted by Gasteiger charge is 2.36. The van der Waals surface area contributed by atoms with Crippen LogP contribution in [0.3, 0.4) is 0 Å². The Morgan fingerprint density at radius 2 is 2.00 bits per heavy atom. The molecular formula is C20H30N2O2. The van der Waals surface area contributed by atoms with Crippen molar-refractivity contribution in [1.82, 2.24) is 10.2 Å². The number of carbonyl (C=O) groups is 1. The van der Waals surface area contributed by atoms with Gasteiger partial charge in [0.25, 0.3) is 0 Å². The third-order valence-corrected chi connectivity index (χ3v) is 5.35. The minimum atomic E-state index is 0.144. The first kappa shape index (κ1) is 17.4. The van der Waals surface area contributed by atoms with Gasteiger partial charge in [-0.1, -0.05) is 38.1 Å². The van der Waals surface area contributed by atoms with Gasteiger partial charge in [0.1, 0.15) is 0 Å². The minimum absolute atomic E-state index is 0.144. The van der Waals surface area contributed by atoms with Gasteiger partial charge in [-0.2, -0.15) is 0 Å². The number of nitrogens with one attached hydrogen (secondary N) is 1. The Balaban J connectivity index is 1.42. The zero-order valence-electron chi connectivity index (χ0n) is 15.0. The van der Waals surface area contributed by atoms with E-state index in [1.54, 1.807) is 0 Å². The van der Waals surface area contributed by atoms with Crippen LogP contribution in [0.5, 0.6) is 0 Å². The summed E-state index contributed by atoms with van der Waals surface area (Å²) in [6.45, 7) is 9.35. The molecule has 0 spiro atoms. The number of carbonyl (C=O) groups excluding carboxylic acids is 1. The van der Waals surface area contributed by atoms with Crippen LogP contribution in [0.25, 0.3) is 0 Å². The lowest BCUT2D eigenvalue weighted by Gasteiger charge is -2.26. The number of rotatable bonds is 6. The summed E-state index contributed by atoms with van der Waals surface area (Å²) in [5.41, 5.74) is 2.82. The minimum Gasteiger partial charge on any atom is -0.379 e. The maximum atomic E-state index is 12.3. The molecule has 1 saturated heterocycles. The second-order valence-electron chi connectivity index (χ2n) is 7.71. The first-order chi connectivity index (χ1) is 11.6. The zero-order chi connectivity index (χ0) is 17.0. The molecule has 1 aliphatic heterocycles. The molecule has 1 aromatic carbocycles. The van der Waals surface area contributed by atoms with E-state index >= 15 is 0 Å². The molecule has 0 radical (unpaired) electrons. The summed E-state index contributed by atoms with van der Waals surface area (Å²) in [5, 5.41) is 3.26. The molecule has 1 aromatic rings. The highest BCUT2D eigenvalue weighted by Crippen LogP contribution is 2.44. The van der Waals surface area contributed by atoms with Crippen LogP contribution in [0.4, 0.5) is 0 Å². The highest BCUT2D eigenvalue weighted by atomic mass is 16.5. The summed E-state index contributed by atoms with van der Waals surface area (Å²) < 4.78 is 5.36. The molecule has 0 aromatic heterocycles. The van der Waals surface area contributed by atoms with Gasteiger partial charge in [0, 0.05) is 19.5 Å². The largest absolute Gasteiger partial charge is 0.379 e. The standard InChI is InChI=1S/C20H30N2O2/c1-20(2)15-18(16-7-3-4-8-17(16)20)21-19(23)9-5-6-10-22-11-13-24-14-12-22/h3-4,7-8,18H,5-6,9-15H2,1-2H3,(H,21,23). The molecule has 4 nitrogen and oxygen atoms in total. The van der Waals surface area contributed by atoms with Crippen LogP contribution in [0.2, 0.25) is 0 Å². The number of nitrogens with zero attached hydrogens (tertiary/aromatic N) is 1.